The first-order valence-corrected chi connectivity index (χ1v) is 4.40. The normalized spacial score (nSPS) is 61.5. The van der Waals surface area contributed by atoms with Gasteiger partial charge in [-0.25, -0.2) is 0 Å². The van der Waals surface area contributed by atoms with Crippen molar-refractivity contribution < 1.29 is 4.74 Å². The molecule has 0 amide bonds. The van der Waals surface area contributed by atoms with Gasteiger partial charge in [-0.1, -0.05) is 6.42 Å². The molecule has 0 aromatic rings. The fourth-order valence-electron chi connectivity index (χ4n) is 3.60. The van der Waals surface area contributed by atoms with Crippen LogP contribution >= 0.6 is 0 Å². The maximum absolute atomic E-state index is 5.25. The fourth-order valence-corrected chi connectivity index (χ4v) is 3.60. The van der Waals surface area contributed by atoms with Gasteiger partial charge in [-0.05, 0) is 30.6 Å². The van der Waals surface area contributed by atoms with Crippen LogP contribution in [0.2, 0.25) is 0 Å². The van der Waals surface area contributed by atoms with Crippen molar-refractivity contribution in [3.63, 3.8) is 0 Å². The number of hydrogen-bond acceptors (Lipinski definition) is 1. The molecule has 56 valence electrons. The first-order chi connectivity index (χ1) is 4.91. The third-order valence-corrected chi connectivity index (χ3v) is 4.07. The highest BCUT2D eigenvalue weighted by Gasteiger charge is 2.86. The van der Waals surface area contributed by atoms with E-state index in [0.29, 0.717) is 0 Å². The highest BCUT2D eigenvalue weighted by Crippen LogP contribution is 2.88. The molecule has 10 heavy (non-hydrogen) atoms. The van der Waals surface area contributed by atoms with Gasteiger partial charge in [0.1, 0.15) is 0 Å². The highest BCUT2D eigenvalue weighted by molar-refractivity contribution is 5.32. The van der Waals surface area contributed by atoms with Gasteiger partial charge in [-0.3, -0.25) is 0 Å². The number of ether oxygens (including phenoxy) is 1. The summed E-state index contributed by atoms with van der Waals surface area (Å²) >= 11 is 0. The molecule has 1 nitrogen and oxygen atoms in total. The first kappa shape index (κ1) is 5.59. The van der Waals surface area contributed by atoms with Crippen molar-refractivity contribution in [2.45, 2.75) is 19.3 Å². The first-order valence-electron chi connectivity index (χ1n) is 4.40. The molecule has 3 fully saturated rings. The van der Waals surface area contributed by atoms with E-state index in [2.05, 4.69) is 0 Å². The molecule has 0 bridgehead atoms. The molecule has 0 aromatic heterocycles. The SMILES string of the molecule is COCC12C3[C@H]1CCC[C@@H]32. The molecule has 1 heteroatoms. The summed E-state index contributed by atoms with van der Waals surface area (Å²) in [4.78, 5) is 0. The quantitative estimate of drug-likeness (QED) is 0.564. The van der Waals surface area contributed by atoms with E-state index >= 15 is 0 Å². The average molecular weight is 138 g/mol. The molecule has 0 N–H and O–H groups in total. The van der Waals surface area contributed by atoms with Crippen molar-refractivity contribution in [2.24, 2.45) is 23.2 Å². The van der Waals surface area contributed by atoms with E-state index < -0.39 is 0 Å². The van der Waals surface area contributed by atoms with Gasteiger partial charge in [0.05, 0.1) is 6.61 Å². The Morgan fingerprint density at radius 2 is 2.10 bits per heavy atom. The standard InChI is InChI=1S/C9H14O/c1-10-5-9-6-3-2-4-7(9)8(6)9/h6-8H,2-5H2,1H3/t6-,7+,8?,9?. The maximum atomic E-state index is 5.25. The van der Waals surface area contributed by atoms with Crippen molar-refractivity contribution in [1.82, 2.24) is 0 Å². The minimum atomic E-state index is 0.757. The zero-order valence-corrected chi connectivity index (χ0v) is 6.47. The Kier molecular flexibility index (Phi) is 0.797. The van der Waals surface area contributed by atoms with E-state index in [1.54, 1.807) is 0 Å². The number of fused-ring (bicyclic) bond motifs is 2. The Bertz CT molecular complexity index is 154. The third kappa shape index (κ3) is 0.378. The summed E-state index contributed by atoms with van der Waals surface area (Å²) in [6, 6.07) is 0. The predicted molar refractivity (Wildman–Crippen MR) is 38.6 cm³/mol. The van der Waals surface area contributed by atoms with E-state index in [0.717, 1.165) is 29.8 Å². The summed E-state index contributed by atoms with van der Waals surface area (Å²) in [6.07, 6.45) is 4.51. The minimum Gasteiger partial charge on any atom is -0.384 e. The van der Waals surface area contributed by atoms with Crippen LogP contribution in [0, 0.1) is 23.2 Å². The van der Waals surface area contributed by atoms with Gasteiger partial charge < -0.3 is 4.74 Å². The molecule has 0 aromatic carbocycles. The molecular formula is C9H14O. The molecule has 0 radical (unpaired) electrons. The van der Waals surface area contributed by atoms with E-state index in [1.807, 2.05) is 7.11 Å². The van der Waals surface area contributed by atoms with E-state index in [-0.39, 0.29) is 0 Å². The molecule has 3 aliphatic rings. The summed E-state index contributed by atoms with van der Waals surface area (Å²) < 4.78 is 5.25. The van der Waals surface area contributed by atoms with Crippen LogP contribution in [-0.4, -0.2) is 13.7 Å². The lowest BCUT2D eigenvalue weighted by molar-refractivity contribution is 0.120. The number of rotatable bonds is 2. The van der Waals surface area contributed by atoms with Crippen LogP contribution in [0.5, 0.6) is 0 Å². The molecule has 3 aliphatic carbocycles. The van der Waals surface area contributed by atoms with Gasteiger partial charge in [0.2, 0.25) is 0 Å². The van der Waals surface area contributed by atoms with Crippen LogP contribution in [-0.2, 0) is 4.74 Å². The third-order valence-electron chi connectivity index (χ3n) is 4.07. The van der Waals surface area contributed by atoms with Crippen LogP contribution in [0.3, 0.4) is 0 Å². The zero-order valence-electron chi connectivity index (χ0n) is 6.47. The molecule has 0 saturated heterocycles. The van der Waals surface area contributed by atoms with Crippen LogP contribution < -0.4 is 0 Å². The summed E-state index contributed by atoms with van der Waals surface area (Å²) in [5.74, 6) is 3.33. The second kappa shape index (κ2) is 1.42. The second-order valence-electron chi connectivity index (χ2n) is 4.22. The fraction of sp³-hybridized carbons (Fsp3) is 1.00. The van der Waals surface area contributed by atoms with E-state index in [4.69, 9.17) is 4.74 Å². The molecular weight excluding hydrogens is 124 g/mol. The van der Waals surface area contributed by atoms with Crippen LogP contribution in [0.25, 0.3) is 0 Å². The molecule has 3 rings (SSSR count). The Balaban J connectivity index is 1.76. The molecule has 0 heterocycles. The van der Waals surface area contributed by atoms with Gasteiger partial charge in [-0.2, -0.15) is 0 Å². The average Bonchev–Trinajstić information content (AvgIpc) is 2.80. The smallest absolute Gasteiger partial charge is 0.0527 e. The van der Waals surface area contributed by atoms with Crippen molar-refractivity contribution in [3.8, 4) is 0 Å². The van der Waals surface area contributed by atoms with Gasteiger partial charge in [-0.15, -0.1) is 0 Å². The van der Waals surface area contributed by atoms with Crippen LogP contribution in [0.15, 0.2) is 0 Å². The molecule has 2 unspecified atom stereocenters. The zero-order chi connectivity index (χ0) is 6.77. The lowest BCUT2D eigenvalue weighted by Crippen LogP contribution is -2.18. The van der Waals surface area contributed by atoms with Gasteiger partial charge in [0.25, 0.3) is 0 Å². The topological polar surface area (TPSA) is 9.23 Å². The summed E-state index contributed by atoms with van der Waals surface area (Å²) in [5, 5.41) is 0. The lowest BCUT2D eigenvalue weighted by Gasteiger charge is -2.24. The summed E-state index contributed by atoms with van der Waals surface area (Å²) in [5.41, 5.74) is 0.757. The Hall–Kier alpha value is -0.0400. The van der Waals surface area contributed by atoms with Gasteiger partial charge >= 0.3 is 0 Å². The van der Waals surface area contributed by atoms with Gasteiger partial charge in [0.15, 0.2) is 0 Å². The van der Waals surface area contributed by atoms with Crippen molar-refractivity contribution in [3.05, 3.63) is 0 Å². The maximum Gasteiger partial charge on any atom is 0.0527 e. The van der Waals surface area contributed by atoms with Crippen LogP contribution in [0.4, 0.5) is 0 Å². The number of hydrogen-bond donors (Lipinski definition) is 0. The van der Waals surface area contributed by atoms with Crippen molar-refractivity contribution in [2.75, 3.05) is 13.7 Å². The lowest BCUT2D eigenvalue weighted by atomic mass is 9.83. The van der Waals surface area contributed by atoms with Crippen LogP contribution in [0.1, 0.15) is 19.3 Å². The predicted octanol–water partition coefficient (Wildman–Crippen LogP) is 1.68. The number of methoxy groups -OCH3 is 1. The molecule has 0 aliphatic heterocycles. The molecule has 3 saturated carbocycles. The second-order valence-corrected chi connectivity index (χ2v) is 4.22. The van der Waals surface area contributed by atoms with E-state index in [9.17, 15) is 0 Å². The molecule has 4 atom stereocenters. The van der Waals surface area contributed by atoms with E-state index in [1.165, 1.54) is 19.3 Å². The van der Waals surface area contributed by atoms with Crippen molar-refractivity contribution >= 4 is 0 Å². The van der Waals surface area contributed by atoms with Crippen molar-refractivity contribution in [1.29, 1.82) is 0 Å². The largest absolute Gasteiger partial charge is 0.384 e. The Morgan fingerprint density at radius 3 is 2.60 bits per heavy atom. The van der Waals surface area contributed by atoms with Gasteiger partial charge in [0, 0.05) is 12.5 Å². The summed E-state index contributed by atoms with van der Waals surface area (Å²) in [6.45, 7) is 1.06. The summed E-state index contributed by atoms with van der Waals surface area (Å²) in [7, 11) is 1.85. The molecule has 0 spiro atoms. The highest BCUT2D eigenvalue weighted by atomic mass is 16.5. The Labute approximate surface area is 61.8 Å². The monoisotopic (exact) mass is 138 g/mol. The minimum absolute atomic E-state index is 0.757. The Morgan fingerprint density at radius 1 is 1.40 bits per heavy atom.